The molecule has 2 unspecified atom stereocenters. The number of likely N-dealkylation sites (tertiary alicyclic amines) is 1. The molecule has 6 rings (SSSR count). The second-order valence-electron chi connectivity index (χ2n) is 11.7. The van der Waals surface area contributed by atoms with Crippen molar-refractivity contribution >= 4 is 17.5 Å². The predicted molar refractivity (Wildman–Crippen MR) is 135 cm³/mol. The van der Waals surface area contributed by atoms with Crippen LogP contribution in [0.25, 0.3) is 0 Å². The quantitative estimate of drug-likeness (QED) is 0.354. The van der Waals surface area contributed by atoms with Gasteiger partial charge >= 0.3 is 0 Å². The van der Waals surface area contributed by atoms with Crippen LogP contribution >= 0.6 is 0 Å². The lowest BCUT2D eigenvalue weighted by Gasteiger charge is -2.50. The van der Waals surface area contributed by atoms with Crippen LogP contribution in [0.15, 0.2) is 22.7 Å². The van der Waals surface area contributed by atoms with Crippen molar-refractivity contribution in [2.45, 2.75) is 50.3 Å². The molecule has 6 N–H and O–H groups in total. The first-order valence-corrected chi connectivity index (χ1v) is 13.3. The van der Waals surface area contributed by atoms with Crippen LogP contribution in [0.5, 0.6) is 5.75 Å². The van der Waals surface area contributed by atoms with Gasteiger partial charge in [0.05, 0.1) is 11.6 Å². The number of likely N-dealkylation sites (N-methyl/N-ethyl adjacent to an activating group) is 1. The summed E-state index contributed by atoms with van der Waals surface area (Å²) < 4.78 is 16.3. The fraction of sp³-hybridized carbons (Fsp3) is 0.536. The van der Waals surface area contributed by atoms with E-state index < -0.39 is 63.9 Å². The molecular weight excluding hydrogens is 509 g/mol. The summed E-state index contributed by atoms with van der Waals surface area (Å²) in [4.78, 5) is 43.0. The van der Waals surface area contributed by atoms with Gasteiger partial charge < -0.3 is 26.2 Å². The summed E-state index contributed by atoms with van der Waals surface area (Å²) in [6.45, 7) is 3.56. The fourth-order valence-corrected chi connectivity index (χ4v) is 8.10. The highest BCUT2D eigenvalue weighted by Crippen LogP contribution is 2.56. The van der Waals surface area contributed by atoms with E-state index in [-0.39, 0.29) is 47.3 Å². The van der Waals surface area contributed by atoms with E-state index >= 15 is 4.39 Å². The van der Waals surface area contributed by atoms with E-state index in [2.05, 4.69) is 4.90 Å². The van der Waals surface area contributed by atoms with Crippen LogP contribution in [0.2, 0.25) is 0 Å². The second-order valence-corrected chi connectivity index (χ2v) is 11.7. The third-order valence-electron chi connectivity index (χ3n) is 9.76. The Morgan fingerprint density at radius 3 is 2.49 bits per heavy atom. The highest BCUT2D eigenvalue weighted by atomic mass is 19.1. The molecule has 5 aliphatic rings. The summed E-state index contributed by atoms with van der Waals surface area (Å²) in [7, 11) is 3.12. The van der Waals surface area contributed by atoms with Crippen LogP contribution in [-0.2, 0) is 22.4 Å². The van der Waals surface area contributed by atoms with Crippen molar-refractivity contribution < 1.29 is 39.2 Å². The monoisotopic (exact) mass is 541 g/mol. The van der Waals surface area contributed by atoms with Gasteiger partial charge in [-0.25, -0.2) is 4.39 Å². The van der Waals surface area contributed by atoms with Gasteiger partial charge in [0.25, 0.3) is 5.91 Å². The van der Waals surface area contributed by atoms with Gasteiger partial charge in [-0.3, -0.25) is 24.2 Å². The van der Waals surface area contributed by atoms with E-state index in [9.17, 15) is 34.8 Å². The number of phenols is 1. The first-order valence-electron chi connectivity index (χ1n) is 13.3. The maximum absolute atomic E-state index is 16.3. The van der Waals surface area contributed by atoms with E-state index in [1.54, 1.807) is 14.1 Å². The molecule has 6 atom stereocenters. The molecule has 0 radical (unpaired) electrons. The molecule has 1 aliphatic heterocycles. The zero-order chi connectivity index (χ0) is 28.3. The van der Waals surface area contributed by atoms with Gasteiger partial charge in [0.1, 0.15) is 28.7 Å². The van der Waals surface area contributed by atoms with Crippen molar-refractivity contribution in [3.63, 3.8) is 0 Å². The van der Waals surface area contributed by atoms with Crippen LogP contribution < -0.4 is 5.73 Å². The number of primary amides is 1. The normalized spacial score (nSPS) is 33.7. The molecule has 1 fully saturated rings. The molecule has 4 aliphatic carbocycles. The molecule has 1 saturated heterocycles. The van der Waals surface area contributed by atoms with E-state index in [0.717, 1.165) is 19.5 Å². The zero-order valence-electron chi connectivity index (χ0n) is 22.0. The van der Waals surface area contributed by atoms with Gasteiger partial charge in [-0.2, -0.15) is 0 Å². The molecule has 39 heavy (non-hydrogen) atoms. The van der Waals surface area contributed by atoms with E-state index in [1.807, 2.05) is 6.92 Å². The number of rotatable bonds is 3. The number of aliphatic hydroxyl groups excluding tert-OH is 2. The van der Waals surface area contributed by atoms with Gasteiger partial charge in [0, 0.05) is 34.2 Å². The lowest BCUT2D eigenvalue weighted by molar-refractivity contribution is -0.148. The third-order valence-corrected chi connectivity index (χ3v) is 9.76. The Morgan fingerprint density at radius 2 is 1.87 bits per heavy atom. The Balaban J connectivity index is 1.54. The van der Waals surface area contributed by atoms with E-state index in [1.165, 1.54) is 4.90 Å². The van der Waals surface area contributed by atoms with E-state index in [0.29, 0.717) is 17.5 Å². The molecule has 0 saturated carbocycles. The Bertz CT molecular complexity index is 1430. The van der Waals surface area contributed by atoms with Crippen LogP contribution in [0.1, 0.15) is 52.9 Å². The van der Waals surface area contributed by atoms with Crippen LogP contribution in [-0.4, -0.2) is 86.5 Å². The minimum absolute atomic E-state index is 0.0509. The number of allylic oxidation sites excluding steroid dienone is 1. The summed E-state index contributed by atoms with van der Waals surface area (Å²) in [5.41, 5.74) is 2.13. The number of Topliss-reactive ketones (excluding diaryl/α,β-unsaturated/α-hetero) is 2. The zero-order valence-corrected chi connectivity index (χ0v) is 22.0. The van der Waals surface area contributed by atoms with Crippen LogP contribution in [0, 0.1) is 23.6 Å². The standard InChI is InChI=1S/C28H32FN3O7/c1-4-32-6-5-10-7-13-16(20(10)32)19(29)12-8-11-9-14-21(31(2)3)24(35)18(27(30)38)26(37)28(14,39)25(36)15(11)23(34)17(12)22(13)33/h10-11,14,20-21,33,35-36,39H,4-9H2,1-3H3,(H2,30,38)/t10?,11-,14-,20?,21-,28-/m0/s1. The fourth-order valence-electron chi connectivity index (χ4n) is 8.10. The van der Waals surface area contributed by atoms with Crippen molar-refractivity contribution in [2.75, 3.05) is 27.2 Å². The van der Waals surface area contributed by atoms with Crippen molar-refractivity contribution in [3.8, 4) is 5.75 Å². The van der Waals surface area contributed by atoms with Gasteiger partial charge in [-0.15, -0.1) is 0 Å². The summed E-state index contributed by atoms with van der Waals surface area (Å²) in [6.07, 6.45) is 1.15. The average Bonchev–Trinajstić information content (AvgIpc) is 3.44. The van der Waals surface area contributed by atoms with Gasteiger partial charge in [0.2, 0.25) is 5.78 Å². The third kappa shape index (κ3) is 3.09. The van der Waals surface area contributed by atoms with Gasteiger partial charge in [-0.1, -0.05) is 6.92 Å². The Labute approximate surface area is 224 Å². The van der Waals surface area contributed by atoms with Crippen molar-refractivity contribution in [1.82, 2.24) is 9.80 Å². The van der Waals surface area contributed by atoms with Crippen molar-refractivity contribution in [3.05, 3.63) is 50.7 Å². The number of nitrogens with zero attached hydrogens (tertiary/aromatic N) is 2. The summed E-state index contributed by atoms with van der Waals surface area (Å²) in [5.74, 6) is -7.69. The largest absolute Gasteiger partial charge is 0.510 e. The van der Waals surface area contributed by atoms with Crippen molar-refractivity contribution in [1.29, 1.82) is 0 Å². The van der Waals surface area contributed by atoms with Crippen molar-refractivity contribution in [2.24, 2.45) is 23.5 Å². The number of amides is 1. The minimum atomic E-state index is -2.71. The number of halogens is 1. The number of nitrogens with two attached hydrogens (primary N) is 1. The molecule has 1 heterocycles. The van der Waals surface area contributed by atoms with Crippen LogP contribution in [0.3, 0.4) is 0 Å². The van der Waals surface area contributed by atoms with E-state index in [4.69, 9.17) is 5.73 Å². The number of phenolic OH excluding ortho intramolecular Hbond substituents is 1. The highest BCUT2D eigenvalue weighted by molar-refractivity contribution is 6.24. The molecule has 1 amide bonds. The maximum Gasteiger partial charge on any atom is 0.255 e. The maximum atomic E-state index is 16.3. The second kappa shape index (κ2) is 8.36. The van der Waals surface area contributed by atoms with Gasteiger partial charge in [0.15, 0.2) is 11.4 Å². The summed E-state index contributed by atoms with van der Waals surface area (Å²) >= 11 is 0. The predicted octanol–water partition coefficient (Wildman–Crippen LogP) is 1.20. The van der Waals surface area contributed by atoms with Gasteiger partial charge in [-0.05, 0) is 64.7 Å². The molecule has 0 aromatic heterocycles. The minimum Gasteiger partial charge on any atom is -0.510 e. The molecule has 208 valence electrons. The molecular formula is C28H32FN3O7. The molecule has 0 bridgehead atoms. The number of hydrogen-bond acceptors (Lipinski definition) is 9. The summed E-state index contributed by atoms with van der Waals surface area (Å²) in [6, 6.07) is -1.27. The van der Waals surface area contributed by atoms with Crippen LogP contribution in [0.4, 0.5) is 4.39 Å². The lowest BCUT2D eigenvalue weighted by Crippen LogP contribution is -2.63. The number of aliphatic hydroxyl groups is 3. The molecule has 1 aromatic rings. The Kier molecular flexibility index (Phi) is 5.57. The number of ketones is 2. The smallest absolute Gasteiger partial charge is 0.255 e. The topological polar surface area (TPSA) is 165 Å². The number of benzene rings is 1. The number of carbonyl (C=O) groups excluding carboxylic acids is 3. The first kappa shape index (κ1) is 26.0. The number of hydrogen-bond donors (Lipinski definition) is 5. The molecule has 11 heteroatoms. The average molecular weight is 542 g/mol. The number of carbonyl (C=O) groups is 3. The lowest BCUT2D eigenvalue weighted by atomic mass is 9.58. The Hall–Kier alpha value is -3.28. The molecule has 10 nitrogen and oxygen atoms in total. The number of aromatic hydroxyl groups is 1. The summed E-state index contributed by atoms with van der Waals surface area (Å²) in [5, 5.41) is 45.3. The Morgan fingerprint density at radius 1 is 1.18 bits per heavy atom. The molecule has 1 aromatic carbocycles. The molecule has 0 spiro atoms. The first-order chi connectivity index (χ1) is 18.4. The SMILES string of the molecule is CCN1CCC2Cc3c(O)c4c(c(F)c3C21)C[C@H]1C[C@H]2[C@H](N(C)C)C(O)=C(C(N)=O)C(=O)[C@@]2(O)C(O)=C1C4=O. The highest BCUT2D eigenvalue weighted by Gasteiger charge is 2.63. The number of fused-ring (bicyclic) bond motifs is 6.